The van der Waals surface area contributed by atoms with Gasteiger partial charge in [0.05, 0.1) is 12.7 Å². The van der Waals surface area contributed by atoms with Crippen molar-refractivity contribution in [3.05, 3.63) is 59.4 Å². The van der Waals surface area contributed by atoms with E-state index in [1.165, 1.54) is 7.11 Å². The molecule has 0 spiro atoms. The van der Waals surface area contributed by atoms with E-state index in [9.17, 15) is 19.2 Å². The first-order chi connectivity index (χ1) is 21.2. The van der Waals surface area contributed by atoms with Gasteiger partial charge in [-0.05, 0) is 69.4 Å². The molecule has 44 heavy (non-hydrogen) atoms. The Kier molecular flexibility index (Phi) is 11.2. The highest BCUT2D eigenvalue weighted by Crippen LogP contribution is 2.29. The van der Waals surface area contributed by atoms with Crippen molar-refractivity contribution < 1.29 is 33.1 Å². The summed E-state index contributed by atoms with van der Waals surface area (Å²) in [4.78, 5) is 55.2. The van der Waals surface area contributed by atoms with E-state index < -0.39 is 11.9 Å². The lowest BCUT2D eigenvalue weighted by atomic mass is 10.1. The number of amides is 4. The van der Waals surface area contributed by atoms with Crippen molar-refractivity contribution in [3.8, 4) is 11.5 Å². The molecule has 2 N–H and O–H groups in total. The Labute approximate surface area is 257 Å². The number of para-hydroxylation sites is 1. The molecule has 2 bridgehead atoms. The average molecular weight is 607 g/mol. The first-order valence-electron chi connectivity index (χ1n) is 15.1. The van der Waals surface area contributed by atoms with E-state index in [1.54, 1.807) is 42.0 Å². The maximum absolute atomic E-state index is 13.7. The third-order valence-corrected chi connectivity index (χ3v) is 7.64. The second-order valence-corrected chi connectivity index (χ2v) is 11.1. The van der Waals surface area contributed by atoms with Crippen molar-refractivity contribution in [3.63, 3.8) is 0 Å². The number of carbonyl (C=O) groups is 4. The number of aryl methyl sites for hydroxylation is 2. The molecule has 1 aromatic heterocycles. The van der Waals surface area contributed by atoms with Gasteiger partial charge in [-0.25, -0.2) is 0 Å². The van der Waals surface area contributed by atoms with Gasteiger partial charge in [0.25, 0.3) is 11.8 Å². The number of rotatable bonds is 2. The predicted molar refractivity (Wildman–Crippen MR) is 166 cm³/mol. The quantitative estimate of drug-likeness (QED) is 0.457. The zero-order valence-electron chi connectivity index (χ0n) is 25.9. The van der Waals surface area contributed by atoms with Crippen LogP contribution in [0, 0.1) is 6.92 Å². The summed E-state index contributed by atoms with van der Waals surface area (Å²) in [6.07, 6.45) is 2.64. The zero-order chi connectivity index (χ0) is 31.6. The van der Waals surface area contributed by atoms with Gasteiger partial charge in [0, 0.05) is 45.0 Å². The van der Waals surface area contributed by atoms with E-state index >= 15 is 0 Å². The third kappa shape index (κ3) is 8.52. The minimum atomic E-state index is -0.740. The fraction of sp³-hybridized carbons (Fsp3) is 0.455. The molecule has 11 nitrogen and oxygen atoms in total. The lowest BCUT2D eigenvalue weighted by molar-refractivity contribution is -0.135. The molecule has 11 heteroatoms. The zero-order valence-corrected chi connectivity index (χ0v) is 25.9. The van der Waals surface area contributed by atoms with Crippen LogP contribution in [0.3, 0.4) is 0 Å². The van der Waals surface area contributed by atoms with Crippen molar-refractivity contribution >= 4 is 34.6 Å². The Morgan fingerprint density at radius 3 is 2.55 bits per heavy atom. The Morgan fingerprint density at radius 1 is 0.977 bits per heavy atom. The number of furan rings is 1. The molecule has 1 atom stereocenters. The van der Waals surface area contributed by atoms with Crippen LogP contribution in [0.5, 0.6) is 11.5 Å². The number of fused-ring (bicyclic) bond motifs is 3. The summed E-state index contributed by atoms with van der Waals surface area (Å²) in [5, 5.41) is 6.52. The first kappa shape index (κ1) is 32.4. The van der Waals surface area contributed by atoms with Crippen LogP contribution < -0.4 is 20.1 Å². The molecule has 2 heterocycles. The second-order valence-electron chi connectivity index (χ2n) is 11.1. The molecule has 2 aromatic carbocycles. The van der Waals surface area contributed by atoms with E-state index in [1.807, 2.05) is 31.2 Å². The molecule has 1 aliphatic heterocycles. The molecule has 0 aliphatic carbocycles. The normalized spacial score (nSPS) is 18.5. The summed E-state index contributed by atoms with van der Waals surface area (Å²) < 4.78 is 16.9. The fourth-order valence-corrected chi connectivity index (χ4v) is 5.26. The first-order valence-corrected chi connectivity index (χ1v) is 15.1. The van der Waals surface area contributed by atoms with Crippen molar-refractivity contribution in [1.82, 2.24) is 20.4 Å². The number of methoxy groups -OCH3 is 1. The van der Waals surface area contributed by atoms with Gasteiger partial charge < -0.3 is 34.3 Å². The van der Waals surface area contributed by atoms with Crippen LogP contribution in [0.2, 0.25) is 0 Å². The molecular formula is C33H42N4O7. The molecule has 0 saturated carbocycles. The minimum absolute atomic E-state index is 0.0970. The molecule has 3 aromatic rings. The number of likely N-dealkylation sites (N-methyl/N-ethyl adjacent to an activating group) is 1. The van der Waals surface area contributed by atoms with Crippen LogP contribution in [0.15, 0.2) is 46.9 Å². The predicted octanol–water partition coefficient (Wildman–Crippen LogP) is 3.47. The Hall–Kier alpha value is -4.54. The largest absolute Gasteiger partial charge is 0.493 e. The topological polar surface area (TPSA) is 130 Å². The highest BCUT2D eigenvalue weighted by Gasteiger charge is 2.22. The maximum atomic E-state index is 13.7. The van der Waals surface area contributed by atoms with Crippen molar-refractivity contribution in [2.24, 2.45) is 0 Å². The summed E-state index contributed by atoms with van der Waals surface area (Å²) in [6.45, 7) is 5.01. The van der Waals surface area contributed by atoms with E-state index in [-0.39, 0.29) is 30.7 Å². The van der Waals surface area contributed by atoms with Crippen LogP contribution in [-0.4, -0.2) is 86.4 Å². The van der Waals surface area contributed by atoms with Crippen LogP contribution in [0.4, 0.5) is 0 Å². The standard InChI is InChI=1S/C33H42N4O7/c1-22-19-25-9-7-10-26(31(25)44-22)33(41)37-17-6-5-16-36(3)32(40)23(2)35-30(39)21-43-28-20-24(11-13-27(28)42-4)12-14-29(38)34-15-8-18-37/h7,9-11,13,19-20,23H,5-6,8,12,14-18,21H2,1-4H3,(H,34,38)(H,35,39)/t23-/m0/s1. The molecule has 4 amide bonds. The molecule has 236 valence electrons. The molecule has 0 fully saturated rings. The number of hydrogen-bond donors (Lipinski definition) is 2. The van der Waals surface area contributed by atoms with Crippen LogP contribution in [0.1, 0.15) is 54.3 Å². The Bertz CT molecular complexity index is 1480. The minimum Gasteiger partial charge on any atom is -0.493 e. The van der Waals surface area contributed by atoms with Gasteiger partial charge in [0.2, 0.25) is 11.8 Å². The van der Waals surface area contributed by atoms with Gasteiger partial charge in [-0.2, -0.15) is 0 Å². The van der Waals surface area contributed by atoms with Crippen molar-refractivity contribution in [1.29, 1.82) is 0 Å². The van der Waals surface area contributed by atoms with Crippen LogP contribution in [-0.2, 0) is 20.8 Å². The lowest BCUT2D eigenvalue weighted by Crippen LogP contribution is -2.47. The number of carbonyl (C=O) groups excluding carboxylic acids is 4. The summed E-state index contributed by atoms with van der Waals surface area (Å²) in [5.74, 6) is 0.680. The summed E-state index contributed by atoms with van der Waals surface area (Å²) >= 11 is 0. The van der Waals surface area contributed by atoms with E-state index in [0.717, 1.165) is 16.7 Å². The maximum Gasteiger partial charge on any atom is 0.258 e. The number of benzene rings is 2. The van der Waals surface area contributed by atoms with Gasteiger partial charge in [0.15, 0.2) is 18.1 Å². The van der Waals surface area contributed by atoms with Gasteiger partial charge in [-0.3, -0.25) is 19.2 Å². The third-order valence-electron chi connectivity index (χ3n) is 7.64. The highest BCUT2D eigenvalue weighted by molar-refractivity contribution is 6.05. The van der Waals surface area contributed by atoms with Gasteiger partial charge >= 0.3 is 0 Å². The number of ether oxygens (including phenoxy) is 2. The van der Waals surface area contributed by atoms with E-state index in [0.29, 0.717) is 74.5 Å². The number of nitrogens with one attached hydrogen (secondary N) is 2. The summed E-state index contributed by atoms with van der Waals surface area (Å²) in [5.41, 5.74) is 1.92. The molecule has 0 unspecified atom stereocenters. The fourth-order valence-electron chi connectivity index (χ4n) is 5.26. The lowest BCUT2D eigenvalue weighted by Gasteiger charge is -2.25. The van der Waals surface area contributed by atoms with Crippen LogP contribution in [0.25, 0.3) is 11.0 Å². The number of hydrogen-bond acceptors (Lipinski definition) is 7. The van der Waals surface area contributed by atoms with Gasteiger partial charge in [-0.15, -0.1) is 0 Å². The number of nitrogens with zero attached hydrogens (tertiary/aromatic N) is 2. The van der Waals surface area contributed by atoms with E-state index in [2.05, 4.69) is 10.6 Å². The molecular weight excluding hydrogens is 564 g/mol. The monoisotopic (exact) mass is 606 g/mol. The van der Waals surface area contributed by atoms with Gasteiger partial charge in [0.1, 0.15) is 17.4 Å². The molecule has 1 aliphatic rings. The van der Waals surface area contributed by atoms with E-state index in [4.69, 9.17) is 13.9 Å². The Balaban J connectivity index is 1.49. The summed E-state index contributed by atoms with van der Waals surface area (Å²) in [6, 6.07) is 12.0. The Morgan fingerprint density at radius 2 is 1.75 bits per heavy atom. The summed E-state index contributed by atoms with van der Waals surface area (Å²) in [7, 11) is 3.20. The molecule has 0 radical (unpaired) electrons. The molecule has 0 saturated heterocycles. The molecule has 4 rings (SSSR count). The smallest absolute Gasteiger partial charge is 0.258 e. The van der Waals surface area contributed by atoms with Gasteiger partial charge in [-0.1, -0.05) is 18.2 Å². The van der Waals surface area contributed by atoms with Crippen molar-refractivity contribution in [2.75, 3.05) is 46.9 Å². The SMILES string of the molecule is COc1ccc2cc1OCC(=O)N[C@@H](C)C(=O)N(C)CCCCN(C(=O)c1cccc3cc(C)oc13)CCCNC(=O)CC2. The average Bonchev–Trinajstić information content (AvgIpc) is 3.40. The van der Waals surface area contributed by atoms with Crippen molar-refractivity contribution in [2.45, 2.75) is 52.0 Å². The van der Waals surface area contributed by atoms with Crippen LogP contribution >= 0.6 is 0 Å². The highest BCUT2D eigenvalue weighted by atomic mass is 16.5. The second kappa shape index (κ2) is 15.3.